The summed E-state index contributed by atoms with van der Waals surface area (Å²) in [5.41, 5.74) is 0. The molecule has 1 saturated heterocycles. The Labute approximate surface area is 147 Å². The molecule has 0 spiro atoms. The van der Waals surface area contributed by atoms with Gasteiger partial charge in [0.2, 0.25) is 0 Å². The molecule has 1 aliphatic rings. The Bertz CT molecular complexity index is 573. The second-order valence-electron chi connectivity index (χ2n) is 6.00. The van der Waals surface area contributed by atoms with Crippen molar-refractivity contribution in [2.75, 3.05) is 26.9 Å². The number of ether oxygens (including phenoxy) is 3. The lowest BCUT2D eigenvalue weighted by Crippen LogP contribution is -2.40. The zero-order valence-corrected chi connectivity index (χ0v) is 14.6. The van der Waals surface area contributed by atoms with Crippen LogP contribution in [0, 0.1) is 0 Å². The number of likely N-dealkylation sites (tertiary alicyclic amines) is 1. The zero-order chi connectivity index (χ0) is 18.2. The van der Waals surface area contributed by atoms with E-state index in [1.807, 2.05) is 6.92 Å². The number of carboxylic acid groups (broad SMARTS) is 1. The van der Waals surface area contributed by atoms with E-state index < -0.39 is 5.97 Å². The van der Waals surface area contributed by atoms with E-state index in [1.165, 1.54) is 0 Å². The predicted octanol–water partition coefficient (Wildman–Crippen LogP) is 1.94. The summed E-state index contributed by atoms with van der Waals surface area (Å²) >= 11 is 0. The molecule has 7 heteroatoms. The maximum absolute atomic E-state index is 12.4. The molecule has 1 aromatic rings. The van der Waals surface area contributed by atoms with Crippen LogP contribution in [0.2, 0.25) is 0 Å². The summed E-state index contributed by atoms with van der Waals surface area (Å²) < 4.78 is 16.3. The second-order valence-corrected chi connectivity index (χ2v) is 6.00. The normalized spacial score (nSPS) is 19.7. The van der Waals surface area contributed by atoms with Gasteiger partial charge in [0, 0.05) is 19.7 Å². The third kappa shape index (κ3) is 5.63. The third-order valence-corrected chi connectivity index (χ3v) is 4.10. The predicted molar refractivity (Wildman–Crippen MR) is 90.9 cm³/mol. The topological polar surface area (TPSA) is 85.3 Å². The van der Waals surface area contributed by atoms with Crippen LogP contribution in [-0.4, -0.2) is 60.9 Å². The lowest BCUT2D eigenvalue weighted by molar-refractivity contribution is -0.140. The molecule has 0 radical (unpaired) electrons. The quantitative estimate of drug-likeness (QED) is 0.732. The standard InChI is InChI=1S/C18H25NO6/c1-3-8-24-14-4-6-15(7-5-14)25-12-17(20)19-11-16(23-2)9-13(19)10-18(21)22/h4-7,13,16H,3,8-12H2,1-2H3,(H,21,22). The first-order chi connectivity index (χ1) is 12.0. The van der Waals surface area contributed by atoms with Crippen LogP contribution in [0.1, 0.15) is 26.2 Å². The molecule has 1 aliphatic heterocycles. The molecular weight excluding hydrogens is 326 g/mol. The van der Waals surface area contributed by atoms with Gasteiger partial charge in [0.05, 0.1) is 19.1 Å². The van der Waals surface area contributed by atoms with Crippen molar-refractivity contribution in [3.8, 4) is 11.5 Å². The van der Waals surface area contributed by atoms with Crippen LogP contribution in [0.25, 0.3) is 0 Å². The molecule has 1 amide bonds. The number of benzene rings is 1. The van der Waals surface area contributed by atoms with Gasteiger partial charge in [-0.05, 0) is 37.1 Å². The van der Waals surface area contributed by atoms with Gasteiger partial charge >= 0.3 is 5.97 Å². The molecule has 138 valence electrons. The van der Waals surface area contributed by atoms with Gasteiger partial charge in [-0.2, -0.15) is 0 Å². The van der Waals surface area contributed by atoms with Crippen molar-refractivity contribution in [2.24, 2.45) is 0 Å². The molecule has 25 heavy (non-hydrogen) atoms. The number of amides is 1. The molecule has 0 saturated carbocycles. The van der Waals surface area contributed by atoms with Crippen LogP contribution in [0.3, 0.4) is 0 Å². The maximum Gasteiger partial charge on any atom is 0.305 e. The van der Waals surface area contributed by atoms with Gasteiger partial charge in [-0.15, -0.1) is 0 Å². The molecule has 0 aromatic heterocycles. The Morgan fingerprint density at radius 2 is 1.84 bits per heavy atom. The highest BCUT2D eigenvalue weighted by molar-refractivity contribution is 5.79. The van der Waals surface area contributed by atoms with Gasteiger partial charge in [0.25, 0.3) is 5.91 Å². The summed E-state index contributed by atoms with van der Waals surface area (Å²) in [6.45, 7) is 2.94. The number of aliphatic carboxylic acids is 1. The van der Waals surface area contributed by atoms with E-state index in [-0.39, 0.29) is 31.1 Å². The first kappa shape index (κ1) is 19.1. The minimum absolute atomic E-state index is 0.0882. The number of nitrogens with zero attached hydrogens (tertiary/aromatic N) is 1. The number of methoxy groups -OCH3 is 1. The van der Waals surface area contributed by atoms with Gasteiger partial charge in [0.1, 0.15) is 11.5 Å². The van der Waals surface area contributed by atoms with E-state index in [1.54, 1.807) is 36.3 Å². The molecule has 0 aliphatic carbocycles. The monoisotopic (exact) mass is 351 g/mol. The fourth-order valence-electron chi connectivity index (χ4n) is 2.82. The number of carbonyl (C=O) groups excluding carboxylic acids is 1. The highest BCUT2D eigenvalue weighted by Gasteiger charge is 2.36. The number of carbonyl (C=O) groups is 2. The SMILES string of the molecule is CCCOc1ccc(OCC(=O)N2CC(OC)CC2CC(=O)O)cc1. The summed E-state index contributed by atoms with van der Waals surface area (Å²) in [5, 5.41) is 9.01. The molecule has 2 rings (SSSR count). The van der Waals surface area contributed by atoms with E-state index in [4.69, 9.17) is 19.3 Å². The molecule has 1 heterocycles. The third-order valence-electron chi connectivity index (χ3n) is 4.10. The molecule has 1 fully saturated rings. The smallest absolute Gasteiger partial charge is 0.305 e. The Morgan fingerprint density at radius 3 is 2.40 bits per heavy atom. The van der Waals surface area contributed by atoms with Crippen molar-refractivity contribution < 1.29 is 28.9 Å². The second kappa shape index (κ2) is 9.27. The molecule has 1 N–H and O–H groups in total. The Balaban J connectivity index is 1.88. The van der Waals surface area contributed by atoms with Gasteiger partial charge in [-0.3, -0.25) is 9.59 Å². The number of hydrogen-bond donors (Lipinski definition) is 1. The molecule has 7 nitrogen and oxygen atoms in total. The maximum atomic E-state index is 12.4. The van der Waals surface area contributed by atoms with Gasteiger partial charge in [-0.25, -0.2) is 0 Å². The highest BCUT2D eigenvalue weighted by atomic mass is 16.5. The van der Waals surface area contributed by atoms with Crippen LogP contribution >= 0.6 is 0 Å². The molecular formula is C18H25NO6. The van der Waals surface area contributed by atoms with Crippen LogP contribution in [0.4, 0.5) is 0 Å². The van der Waals surface area contributed by atoms with Gasteiger partial charge < -0.3 is 24.2 Å². The largest absolute Gasteiger partial charge is 0.494 e. The van der Waals surface area contributed by atoms with Crippen LogP contribution in [0.5, 0.6) is 11.5 Å². The highest BCUT2D eigenvalue weighted by Crippen LogP contribution is 2.23. The molecule has 1 aromatic carbocycles. The minimum Gasteiger partial charge on any atom is -0.494 e. The summed E-state index contributed by atoms with van der Waals surface area (Å²) in [4.78, 5) is 24.9. The minimum atomic E-state index is -0.928. The van der Waals surface area contributed by atoms with Gasteiger partial charge in [0.15, 0.2) is 6.61 Å². The Hall–Kier alpha value is -2.28. The number of rotatable bonds is 9. The van der Waals surface area contributed by atoms with Crippen LogP contribution < -0.4 is 9.47 Å². The van der Waals surface area contributed by atoms with Crippen molar-refractivity contribution in [2.45, 2.75) is 38.3 Å². The lowest BCUT2D eigenvalue weighted by atomic mass is 10.1. The Kier molecular flexibility index (Phi) is 7.06. The van der Waals surface area contributed by atoms with E-state index in [0.29, 0.717) is 25.3 Å². The van der Waals surface area contributed by atoms with Crippen LogP contribution in [-0.2, 0) is 14.3 Å². The zero-order valence-electron chi connectivity index (χ0n) is 14.6. The fourth-order valence-corrected chi connectivity index (χ4v) is 2.82. The molecule has 2 atom stereocenters. The van der Waals surface area contributed by atoms with Crippen molar-refractivity contribution >= 4 is 11.9 Å². The van der Waals surface area contributed by atoms with Crippen LogP contribution in [0.15, 0.2) is 24.3 Å². The van der Waals surface area contributed by atoms with E-state index >= 15 is 0 Å². The van der Waals surface area contributed by atoms with E-state index in [2.05, 4.69) is 0 Å². The number of carboxylic acids is 1. The number of hydrogen-bond acceptors (Lipinski definition) is 5. The average Bonchev–Trinajstić information content (AvgIpc) is 3.01. The average molecular weight is 351 g/mol. The first-order valence-corrected chi connectivity index (χ1v) is 8.43. The summed E-state index contributed by atoms with van der Waals surface area (Å²) in [5.74, 6) is 0.152. The summed E-state index contributed by atoms with van der Waals surface area (Å²) in [6, 6.07) is 6.71. The molecule has 2 unspecified atom stereocenters. The van der Waals surface area contributed by atoms with E-state index in [0.717, 1.165) is 12.2 Å². The summed E-state index contributed by atoms with van der Waals surface area (Å²) in [7, 11) is 1.56. The lowest BCUT2D eigenvalue weighted by Gasteiger charge is -2.23. The van der Waals surface area contributed by atoms with E-state index in [9.17, 15) is 9.59 Å². The van der Waals surface area contributed by atoms with Gasteiger partial charge in [-0.1, -0.05) is 6.92 Å². The molecule has 0 bridgehead atoms. The first-order valence-electron chi connectivity index (χ1n) is 8.43. The fraction of sp³-hybridized carbons (Fsp3) is 0.556. The van der Waals surface area contributed by atoms with Crippen molar-refractivity contribution in [3.63, 3.8) is 0 Å². The van der Waals surface area contributed by atoms with Crippen molar-refractivity contribution in [1.29, 1.82) is 0 Å². The summed E-state index contributed by atoms with van der Waals surface area (Å²) in [6.07, 6.45) is 1.23. The van der Waals surface area contributed by atoms with Crippen molar-refractivity contribution in [3.05, 3.63) is 24.3 Å². The van der Waals surface area contributed by atoms with Crippen molar-refractivity contribution in [1.82, 2.24) is 4.90 Å². The Morgan fingerprint density at radius 1 is 1.20 bits per heavy atom.